The maximum atomic E-state index is 13.3. The molecule has 2 heterocycles. The monoisotopic (exact) mass is 439 g/mol. The predicted molar refractivity (Wildman–Crippen MR) is 118 cm³/mol. The fourth-order valence-electron chi connectivity index (χ4n) is 4.31. The van der Waals surface area contributed by atoms with Gasteiger partial charge < -0.3 is 23.8 Å². The van der Waals surface area contributed by atoms with Gasteiger partial charge in [0.25, 0.3) is 0 Å². The molecule has 0 aromatic heterocycles. The Kier molecular flexibility index (Phi) is 5.65. The number of benzene rings is 2. The van der Waals surface area contributed by atoms with Crippen LogP contribution in [0, 0.1) is 0 Å². The van der Waals surface area contributed by atoms with Crippen molar-refractivity contribution in [1.29, 1.82) is 0 Å². The third kappa shape index (κ3) is 3.39. The molecular formula is C23H25N3O6. The highest BCUT2D eigenvalue weighted by atomic mass is 16.5. The minimum atomic E-state index is -0.426. The zero-order valence-electron chi connectivity index (χ0n) is 18.6. The molecule has 9 nitrogen and oxygen atoms in total. The summed E-state index contributed by atoms with van der Waals surface area (Å²) in [5, 5.41) is 0. The number of likely N-dealkylation sites (N-methyl/N-ethyl adjacent to an activating group) is 1. The summed E-state index contributed by atoms with van der Waals surface area (Å²) in [5.41, 5.74) is 1.42. The maximum Gasteiger partial charge on any atom is 0.345 e. The quantitative estimate of drug-likeness (QED) is 0.687. The molecule has 0 N–H and O–H groups in total. The first-order valence-corrected chi connectivity index (χ1v) is 10.1. The first kappa shape index (κ1) is 21.5. The zero-order valence-corrected chi connectivity index (χ0v) is 18.6. The van der Waals surface area contributed by atoms with Crippen LogP contribution in [0.5, 0.6) is 23.0 Å². The van der Waals surface area contributed by atoms with Crippen LogP contribution in [0.1, 0.15) is 17.9 Å². The largest absolute Gasteiger partial charge is 0.497 e. The number of hydrogen-bond donors (Lipinski definition) is 0. The van der Waals surface area contributed by atoms with Crippen LogP contribution >= 0.6 is 0 Å². The lowest BCUT2D eigenvalue weighted by molar-refractivity contribution is -0.118. The second-order valence-corrected chi connectivity index (χ2v) is 7.50. The highest BCUT2D eigenvalue weighted by Crippen LogP contribution is 2.44. The minimum absolute atomic E-state index is 0.160. The number of methoxy groups -OCH3 is 4. The van der Waals surface area contributed by atoms with Crippen molar-refractivity contribution in [2.24, 2.45) is 4.99 Å². The van der Waals surface area contributed by atoms with Crippen molar-refractivity contribution in [3.8, 4) is 23.0 Å². The van der Waals surface area contributed by atoms with Gasteiger partial charge in [-0.05, 0) is 42.0 Å². The molecule has 1 saturated heterocycles. The highest BCUT2D eigenvalue weighted by Gasteiger charge is 2.48. The van der Waals surface area contributed by atoms with Crippen LogP contribution < -0.4 is 23.8 Å². The molecule has 168 valence electrons. The van der Waals surface area contributed by atoms with Crippen molar-refractivity contribution < 1.29 is 28.5 Å². The summed E-state index contributed by atoms with van der Waals surface area (Å²) >= 11 is 0. The molecule has 9 heteroatoms. The Morgan fingerprint density at radius 1 is 0.906 bits per heavy atom. The van der Waals surface area contributed by atoms with E-state index in [1.54, 1.807) is 43.3 Å². The Morgan fingerprint density at radius 2 is 1.53 bits per heavy atom. The molecule has 2 aromatic rings. The summed E-state index contributed by atoms with van der Waals surface area (Å²) in [7, 11) is 7.88. The van der Waals surface area contributed by atoms with Gasteiger partial charge >= 0.3 is 6.03 Å². The molecule has 2 aliphatic heterocycles. The number of carbonyl (C=O) groups excluding carboxylic acids is 2. The summed E-state index contributed by atoms with van der Waals surface area (Å²) in [6.45, 7) is 0. The Hall–Kier alpha value is -3.75. The molecule has 32 heavy (non-hydrogen) atoms. The fraction of sp³-hybridized carbons (Fsp3) is 0.348. The first-order chi connectivity index (χ1) is 15.4. The Labute approximate surface area is 186 Å². The van der Waals surface area contributed by atoms with Crippen molar-refractivity contribution in [2.75, 3.05) is 40.4 Å². The van der Waals surface area contributed by atoms with E-state index in [1.165, 1.54) is 26.2 Å². The Balaban J connectivity index is 1.78. The molecule has 0 bridgehead atoms. The predicted octanol–water partition coefficient (Wildman–Crippen LogP) is 3.07. The SMILES string of the molecule is COc1ccc(N2C(=O)C[C@@H](c3cc(OC)c(OC)c(OC)c3)[C@@H]3C2=NC(=O)N3C)cc1. The molecule has 0 aliphatic carbocycles. The van der Waals surface area contributed by atoms with Crippen LogP contribution in [0.3, 0.4) is 0 Å². The van der Waals surface area contributed by atoms with E-state index in [0.717, 1.165) is 5.56 Å². The number of anilines is 1. The van der Waals surface area contributed by atoms with Gasteiger partial charge in [-0.25, -0.2) is 4.79 Å². The van der Waals surface area contributed by atoms with E-state index < -0.39 is 12.1 Å². The highest BCUT2D eigenvalue weighted by molar-refractivity contribution is 6.25. The lowest BCUT2D eigenvalue weighted by Crippen LogP contribution is -2.54. The van der Waals surface area contributed by atoms with Crippen molar-refractivity contribution in [2.45, 2.75) is 18.4 Å². The van der Waals surface area contributed by atoms with Gasteiger partial charge in [-0.2, -0.15) is 4.99 Å². The van der Waals surface area contributed by atoms with Crippen molar-refractivity contribution in [1.82, 2.24) is 4.90 Å². The number of ether oxygens (including phenoxy) is 4. The summed E-state index contributed by atoms with van der Waals surface area (Å²) < 4.78 is 21.6. The molecule has 0 spiro atoms. The van der Waals surface area contributed by atoms with Crippen LogP contribution in [0.4, 0.5) is 10.5 Å². The summed E-state index contributed by atoms with van der Waals surface area (Å²) in [6.07, 6.45) is 0.173. The van der Waals surface area contributed by atoms with Crippen LogP contribution in [-0.2, 0) is 4.79 Å². The third-order valence-corrected chi connectivity index (χ3v) is 5.89. The molecule has 0 saturated carbocycles. The van der Waals surface area contributed by atoms with Gasteiger partial charge in [0, 0.05) is 19.4 Å². The summed E-state index contributed by atoms with van der Waals surface area (Å²) in [5.74, 6) is 2.01. The molecule has 2 atom stereocenters. The summed E-state index contributed by atoms with van der Waals surface area (Å²) in [4.78, 5) is 33.2. The number of nitrogens with zero attached hydrogens (tertiary/aromatic N) is 3. The Bertz CT molecular complexity index is 1060. The number of piperidine rings is 1. The number of aliphatic imine (C=N–C) groups is 1. The van der Waals surface area contributed by atoms with Crippen LogP contribution in [0.15, 0.2) is 41.4 Å². The van der Waals surface area contributed by atoms with Gasteiger partial charge in [-0.1, -0.05) is 0 Å². The van der Waals surface area contributed by atoms with Crippen LogP contribution in [-0.4, -0.2) is 64.2 Å². The third-order valence-electron chi connectivity index (χ3n) is 5.89. The number of fused-ring (bicyclic) bond motifs is 1. The Morgan fingerprint density at radius 3 is 2.06 bits per heavy atom. The van der Waals surface area contributed by atoms with Gasteiger partial charge in [0.2, 0.25) is 11.7 Å². The van der Waals surface area contributed by atoms with Crippen molar-refractivity contribution in [3.05, 3.63) is 42.0 Å². The van der Waals surface area contributed by atoms with Crippen LogP contribution in [0.25, 0.3) is 0 Å². The molecule has 0 unspecified atom stereocenters. The lowest BCUT2D eigenvalue weighted by Gasteiger charge is -2.39. The molecule has 1 fully saturated rings. The minimum Gasteiger partial charge on any atom is -0.497 e. The molecule has 4 rings (SSSR count). The van der Waals surface area contributed by atoms with Gasteiger partial charge in [-0.15, -0.1) is 0 Å². The van der Waals surface area contributed by atoms with E-state index in [4.69, 9.17) is 18.9 Å². The van der Waals surface area contributed by atoms with Gasteiger partial charge in [0.15, 0.2) is 11.5 Å². The van der Waals surface area contributed by atoms with E-state index in [1.807, 2.05) is 12.1 Å². The molecule has 0 radical (unpaired) electrons. The van der Waals surface area contributed by atoms with E-state index in [9.17, 15) is 9.59 Å². The first-order valence-electron chi connectivity index (χ1n) is 10.1. The van der Waals surface area contributed by atoms with Gasteiger partial charge in [-0.3, -0.25) is 9.69 Å². The number of hydrogen-bond acceptors (Lipinski definition) is 6. The average molecular weight is 439 g/mol. The fourth-order valence-corrected chi connectivity index (χ4v) is 4.31. The number of urea groups is 1. The van der Waals surface area contributed by atoms with Gasteiger partial charge in [0.1, 0.15) is 11.6 Å². The molecule has 2 aliphatic rings. The molecule has 3 amide bonds. The van der Waals surface area contributed by atoms with E-state index in [-0.39, 0.29) is 18.2 Å². The second kappa shape index (κ2) is 8.41. The average Bonchev–Trinajstić information content (AvgIpc) is 3.11. The topological polar surface area (TPSA) is 89.9 Å². The number of carbonyl (C=O) groups is 2. The van der Waals surface area contributed by atoms with E-state index in [2.05, 4.69) is 4.99 Å². The van der Waals surface area contributed by atoms with E-state index in [0.29, 0.717) is 34.5 Å². The summed E-state index contributed by atoms with van der Waals surface area (Å²) in [6, 6.07) is 9.90. The second-order valence-electron chi connectivity index (χ2n) is 7.50. The van der Waals surface area contributed by atoms with Crippen molar-refractivity contribution >= 4 is 23.5 Å². The normalized spacial score (nSPS) is 20.1. The standard InChI is InChI=1S/C23H25N3O6/c1-25-20-16(13-10-17(30-3)21(32-5)18(11-13)31-4)12-19(27)26(22(20)24-23(25)28)14-6-8-15(29-2)9-7-14/h6-11,16,20H,12H2,1-5H3/t16-,20+/m0/s1. The molecular weight excluding hydrogens is 414 g/mol. The lowest BCUT2D eigenvalue weighted by atomic mass is 9.83. The van der Waals surface area contributed by atoms with E-state index >= 15 is 0 Å². The number of amidine groups is 1. The molecule has 2 aromatic carbocycles. The zero-order chi connectivity index (χ0) is 23.0. The maximum absolute atomic E-state index is 13.3. The van der Waals surface area contributed by atoms with Gasteiger partial charge in [0.05, 0.1) is 40.2 Å². The van der Waals surface area contributed by atoms with Crippen LogP contribution in [0.2, 0.25) is 0 Å². The number of rotatable bonds is 6. The number of amides is 3. The van der Waals surface area contributed by atoms with Crippen molar-refractivity contribution in [3.63, 3.8) is 0 Å². The smallest absolute Gasteiger partial charge is 0.345 e.